The first-order valence-electron chi connectivity index (χ1n) is 7.34. The van der Waals surface area contributed by atoms with Gasteiger partial charge in [-0.1, -0.05) is 25.5 Å². The molecule has 0 aliphatic rings. The van der Waals surface area contributed by atoms with Crippen LogP contribution in [-0.2, 0) is 23.9 Å². The zero-order chi connectivity index (χ0) is 16.9. The van der Waals surface area contributed by atoms with Crippen LogP contribution >= 0.6 is 0 Å². The van der Waals surface area contributed by atoms with Crippen molar-refractivity contribution in [3.05, 3.63) is 59.9 Å². The summed E-state index contributed by atoms with van der Waals surface area (Å²) in [6.07, 6.45) is 0.976. The lowest BCUT2D eigenvalue weighted by Gasteiger charge is -2.12. The third-order valence-electron chi connectivity index (χ3n) is 3.33. The number of carbonyl (C=O) groups excluding carboxylic acids is 1. The van der Waals surface area contributed by atoms with Crippen LogP contribution in [-0.4, -0.2) is 5.91 Å². The number of rotatable bonds is 5. The zero-order valence-electron chi connectivity index (χ0n) is 12.7. The molecule has 2 aromatic rings. The van der Waals surface area contributed by atoms with E-state index in [1.165, 1.54) is 18.2 Å². The topological polar surface area (TPSA) is 33.0 Å². The molecule has 0 saturated heterocycles. The number of alkyl halides is 3. The number of nitrogens with one attached hydrogen (secondary N) is 1. The second-order valence-electron chi connectivity index (χ2n) is 5.22. The number of para-hydroxylation sites is 1. The van der Waals surface area contributed by atoms with E-state index in [4.69, 9.17) is 0 Å². The molecule has 6 heteroatoms. The van der Waals surface area contributed by atoms with Crippen LogP contribution < -0.4 is 9.88 Å². The van der Waals surface area contributed by atoms with Crippen LogP contribution in [0.1, 0.15) is 24.5 Å². The Hall–Kier alpha value is -2.37. The van der Waals surface area contributed by atoms with E-state index in [1.54, 1.807) is 17.0 Å². The van der Waals surface area contributed by atoms with Crippen LogP contribution in [0.2, 0.25) is 0 Å². The summed E-state index contributed by atoms with van der Waals surface area (Å²) in [4.78, 5) is 12.0. The number of carbonyl (C=O) groups is 1. The Labute approximate surface area is 132 Å². The van der Waals surface area contributed by atoms with Crippen molar-refractivity contribution in [2.45, 2.75) is 32.5 Å². The molecule has 23 heavy (non-hydrogen) atoms. The average molecular weight is 323 g/mol. The molecule has 0 unspecified atom stereocenters. The molecule has 1 aromatic carbocycles. The highest BCUT2D eigenvalue weighted by molar-refractivity contribution is 5.90. The maximum Gasteiger partial charge on any atom is 0.418 e. The van der Waals surface area contributed by atoms with Gasteiger partial charge in [0, 0.05) is 12.1 Å². The van der Waals surface area contributed by atoms with E-state index in [9.17, 15) is 18.0 Å². The molecule has 1 aromatic heterocycles. The molecule has 0 saturated carbocycles. The van der Waals surface area contributed by atoms with Crippen LogP contribution in [0.3, 0.4) is 0 Å². The number of aromatic nitrogens is 1. The zero-order valence-corrected chi connectivity index (χ0v) is 12.7. The highest BCUT2D eigenvalue weighted by atomic mass is 19.4. The van der Waals surface area contributed by atoms with Crippen LogP contribution in [0, 0.1) is 0 Å². The third kappa shape index (κ3) is 4.81. The minimum absolute atomic E-state index is 0.0431. The summed E-state index contributed by atoms with van der Waals surface area (Å²) < 4.78 is 40.3. The number of hydrogen-bond acceptors (Lipinski definition) is 1. The van der Waals surface area contributed by atoms with E-state index in [-0.39, 0.29) is 12.2 Å². The maximum atomic E-state index is 12.9. The lowest BCUT2D eigenvalue weighted by molar-refractivity contribution is -0.684. The Morgan fingerprint density at radius 2 is 1.78 bits per heavy atom. The molecule has 0 fully saturated rings. The van der Waals surface area contributed by atoms with Gasteiger partial charge in [0.15, 0.2) is 12.4 Å². The van der Waals surface area contributed by atoms with Crippen LogP contribution in [0.5, 0.6) is 0 Å². The van der Waals surface area contributed by atoms with E-state index in [0.29, 0.717) is 0 Å². The minimum atomic E-state index is -4.50. The summed E-state index contributed by atoms with van der Waals surface area (Å²) in [6, 6.07) is 8.75. The van der Waals surface area contributed by atoms with Gasteiger partial charge in [-0.25, -0.2) is 0 Å². The Morgan fingerprint density at radius 1 is 1.13 bits per heavy atom. The van der Waals surface area contributed by atoms with Gasteiger partial charge in [-0.2, -0.15) is 17.7 Å². The maximum absolute atomic E-state index is 12.9. The fraction of sp³-hybridized carbons (Fsp3) is 0.294. The van der Waals surface area contributed by atoms with Crippen molar-refractivity contribution in [3.63, 3.8) is 0 Å². The van der Waals surface area contributed by atoms with Crippen LogP contribution in [0.25, 0.3) is 0 Å². The molecule has 1 amide bonds. The number of nitrogens with zero attached hydrogens (tertiary/aromatic N) is 1. The van der Waals surface area contributed by atoms with Crippen molar-refractivity contribution >= 4 is 11.6 Å². The largest absolute Gasteiger partial charge is 0.418 e. The number of hydrogen-bond donors (Lipinski definition) is 1. The SMILES string of the molecule is CCCc1cc[n+](CC(=O)Nc2ccccc2C(F)(F)F)cc1. The molecule has 1 heterocycles. The highest BCUT2D eigenvalue weighted by Gasteiger charge is 2.33. The minimum Gasteiger partial charge on any atom is -0.320 e. The highest BCUT2D eigenvalue weighted by Crippen LogP contribution is 2.34. The lowest BCUT2D eigenvalue weighted by Crippen LogP contribution is -2.39. The van der Waals surface area contributed by atoms with Gasteiger partial charge in [-0.15, -0.1) is 0 Å². The van der Waals surface area contributed by atoms with Gasteiger partial charge in [0.05, 0.1) is 11.3 Å². The van der Waals surface area contributed by atoms with Crippen LogP contribution in [0.15, 0.2) is 48.8 Å². The molecule has 0 radical (unpaired) electrons. The van der Waals surface area contributed by atoms with Gasteiger partial charge < -0.3 is 5.32 Å². The summed E-state index contributed by atoms with van der Waals surface area (Å²) in [5.74, 6) is -0.505. The predicted octanol–water partition coefficient (Wildman–Crippen LogP) is 3.58. The van der Waals surface area contributed by atoms with E-state index in [0.717, 1.165) is 24.5 Å². The van der Waals surface area contributed by atoms with Gasteiger partial charge in [0.25, 0.3) is 5.91 Å². The molecule has 0 atom stereocenters. The first kappa shape index (κ1) is 17.0. The van der Waals surface area contributed by atoms with Crippen LogP contribution in [0.4, 0.5) is 18.9 Å². The summed E-state index contributed by atoms with van der Waals surface area (Å²) in [5, 5.41) is 2.33. The summed E-state index contributed by atoms with van der Waals surface area (Å²) >= 11 is 0. The van der Waals surface area contributed by atoms with Crippen molar-refractivity contribution in [1.82, 2.24) is 0 Å². The van der Waals surface area contributed by atoms with Crippen molar-refractivity contribution in [2.75, 3.05) is 5.32 Å². The Balaban J connectivity index is 2.05. The first-order valence-corrected chi connectivity index (χ1v) is 7.34. The molecule has 2 rings (SSSR count). The molecule has 0 aliphatic carbocycles. The van der Waals surface area contributed by atoms with E-state index >= 15 is 0 Å². The number of halogens is 3. The third-order valence-corrected chi connectivity index (χ3v) is 3.33. The van der Waals surface area contributed by atoms with Gasteiger partial charge in [-0.05, 0) is 24.1 Å². The number of pyridine rings is 1. The average Bonchev–Trinajstić information content (AvgIpc) is 2.49. The number of aryl methyl sites for hydroxylation is 1. The van der Waals surface area contributed by atoms with Gasteiger partial charge in [0.1, 0.15) is 0 Å². The Bertz CT molecular complexity index is 666. The fourth-order valence-electron chi connectivity index (χ4n) is 2.24. The normalized spacial score (nSPS) is 11.3. The molecule has 122 valence electrons. The molecule has 0 spiro atoms. The standard InChI is InChI=1S/C17H17F3N2O/c1-2-5-13-8-10-22(11-9-13)12-16(23)21-15-7-4-3-6-14(15)17(18,19)20/h3-4,6-11H,2,5,12H2,1H3/p+1. The monoisotopic (exact) mass is 323 g/mol. The fourth-order valence-corrected chi connectivity index (χ4v) is 2.24. The first-order chi connectivity index (χ1) is 10.9. The van der Waals surface area contributed by atoms with Crippen molar-refractivity contribution < 1.29 is 22.5 Å². The molecule has 1 N–H and O–H groups in total. The van der Waals surface area contributed by atoms with Gasteiger partial charge >= 0.3 is 6.18 Å². The number of anilines is 1. The molecular formula is C17H18F3N2O+. The Morgan fingerprint density at radius 3 is 2.39 bits per heavy atom. The Kier molecular flexibility index (Phi) is 5.36. The predicted molar refractivity (Wildman–Crippen MR) is 80.7 cm³/mol. The van der Waals surface area contributed by atoms with E-state index < -0.39 is 17.6 Å². The van der Waals surface area contributed by atoms with E-state index in [1.807, 2.05) is 12.1 Å². The quantitative estimate of drug-likeness (QED) is 0.838. The lowest BCUT2D eigenvalue weighted by atomic mass is 10.1. The summed E-state index contributed by atoms with van der Waals surface area (Å²) in [5.41, 5.74) is 0.0800. The van der Waals surface area contributed by atoms with Gasteiger partial charge in [0.2, 0.25) is 6.54 Å². The number of amides is 1. The van der Waals surface area contributed by atoms with Crippen molar-refractivity contribution in [1.29, 1.82) is 0 Å². The number of benzene rings is 1. The molecular weight excluding hydrogens is 305 g/mol. The van der Waals surface area contributed by atoms with Crippen molar-refractivity contribution in [2.24, 2.45) is 0 Å². The smallest absolute Gasteiger partial charge is 0.320 e. The molecule has 0 bridgehead atoms. The van der Waals surface area contributed by atoms with Crippen molar-refractivity contribution in [3.8, 4) is 0 Å². The second kappa shape index (κ2) is 7.26. The molecule has 3 nitrogen and oxygen atoms in total. The molecule has 0 aliphatic heterocycles. The second-order valence-corrected chi connectivity index (χ2v) is 5.22. The van der Waals surface area contributed by atoms with Gasteiger partial charge in [-0.3, -0.25) is 4.79 Å². The van der Waals surface area contributed by atoms with E-state index in [2.05, 4.69) is 12.2 Å². The summed E-state index contributed by atoms with van der Waals surface area (Å²) in [7, 11) is 0. The summed E-state index contributed by atoms with van der Waals surface area (Å²) in [6.45, 7) is 2.03.